The number of alkyl halides is 3. The van der Waals surface area contributed by atoms with E-state index in [2.05, 4.69) is 34.1 Å². The number of hydrogen-bond donors (Lipinski definition) is 2. The molecule has 3 N–H and O–H groups in total. The normalized spacial score (nSPS) is 14.3. The van der Waals surface area contributed by atoms with Gasteiger partial charge in [0.05, 0.1) is 0 Å². The van der Waals surface area contributed by atoms with Crippen LogP contribution in [0.5, 0.6) is 0 Å². The van der Waals surface area contributed by atoms with Gasteiger partial charge in [-0.1, -0.05) is 30.3 Å². The Morgan fingerprint density at radius 3 is 2.55 bits per heavy atom. The number of halogens is 5. The van der Waals surface area contributed by atoms with Crippen molar-refractivity contribution in [3.8, 4) is 0 Å². The molecule has 1 atom stereocenters. The van der Waals surface area contributed by atoms with E-state index in [1.165, 1.54) is 35.0 Å². The number of rotatable bonds is 6. The van der Waals surface area contributed by atoms with Crippen LogP contribution in [0.15, 0.2) is 48.5 Å². The lowest BCUT2D eigenvalue weighted by Crippen LogP contribution is -2.26. The van der Waals surface area contributed by atoms with Gasteiger partial charge in [-0.15, -0.1) is 24.8 Å². The van der Waals surface area contributed by atoms with E-state index >= 15 is 0 Å². The van der Waals surface area contributed by atoms with Crippen LogP contribution in [-0.4, -0.2) is 23.3 Å². The van der Waals surface area contributed by atoms with Crippen molar-refractivity contribution in [3.63, 3.8) is 0 Å². The maximum atomic E-state index is 12.4. The van der Waals surface area contributed by atoms with Crippen LogP contribution in [0.1, 0.15) is 29.7 Å². The first-order valence-corrected chi connectivity index (χ1v) is 10.1. The van der Waals surface area contributed by atoms with Crippen molar-refractivity contribution in [3.05, 3.63) is 65.4 Å². The first-order chi connectivity index (χ1) is 13.9. The summed E-state index contributed by atoms with van der Waals surface area (Å²) in [5.74, 6) is 0. The Morgan fingerprint density at radius 2 is 1.77 bits per heavy atom. The number of fused-ring (bicyclic) bond motifs is 3. The van der Waals surface area contributed by atoms with Crippen LogP contribution in [0.3, 0.4) is 0 Å². The highest BCUT2D eigenvalue weighted by molar-refractivity contribution is 5.86. The van der Waals surface area contributed by atoms with Crippen molar-refractivity contribution in [1.82, 2.24) is 4.57 Å². The lowest BCUT2D eigenvalue weighted by atomic mass is 9.95. The van der Waals surface area contributed by atoms with Gasteiger partial charge < -0.3 is 15.6 Å². The second kappa shape index (κ2) is 10.6. The summed E-state index contributed by atoms with van der Waals surface area (Å²) in [5, 5.41) is 3.72. The summed E-state index contributed by atoms with van der Waals surface area (Å²) in [7, 11) is 0. The molecule has 1 unspecified atom stereocenters. The van der Waals surface area contributed by atoms with Crippen molar-refractivity contribution in [1.29, 1.82) is 0 Å². The molecule has 0 fully saturated rings. The van der Waals surface area contributed by atoms with E-state index in [9.17, 15) is 13.2 Å². The largest absolute Gasteiger partial charge is 0.405 e. The van der Waals surface area contributed by atoms with Crippen LogP contribution < -0.4 is 11.1 Å². The second-order valence-corrected chi connectivity index (χ2v) is 7.89. The number of nitrogens with one attached hydrogen (secondary N) is 1. The Hall–Kier alpha value is -1.89. The molecule has 2 heterocycles. The molecule has 0 bridgehead atoms. The minimum atomic E-state index is -4.23. The summed E-state index contributed by atoms with van der Waals surface area (Å²) < 4.78 is 39.8. The number of nitrogens with zero attached hydrogens (tertiary/aromatic N) is 1. The highest BCUT2D eigenvalue weighted by Gasteiger charge is 2.26. The third-order valence-electron chi connectivity index (χ3n) is 5.62. The minimum Gasteiger partial charge on any atom is -0.376 e. The number of benzene rings is 2. The van der Waals surface area contributed by atoms with Crippen LogP contribution >= 0.6 is 24.8 Å². The van der Waals surface area contributed by atoms with E-state index in [-0.39, 0.29) is 30.9 Å². The molecule has 0 saturated heterocycles. The third kappa shape index (κ3) is 6.09. The van der Waals surface area contributed by atoms with Crippen molar-refractivity contribution >= 4 is 41.4 Å². The number of aromatic nitrogens is 1. The molecule has 8 heteroatoms. The lowest BCUT2D eigenvalue weighted by Gasteiger charge is -2.19. The van der Waals surface area contributed by atoms with Crippen molar-refractivity contribution in [2.45, 2.75) is 50.9 Å². The quantitative estimate of drug-likeness (QED) is 0.467. The average molecular weight is 474 g/mol. The molecule has 2 aromatic carbocycles. The fourth-order valence-electron chi connectivity index (χ4n) is 4.41. The Labute approximate surface area is 193 Å². The van der Waals surface area contributed by atoms with E-state index in [4.69, 9.17) is 5.73 Å². The number of anilines is 1. The fraction of sp³-hybridized carbons (Fsp3) is 0.391. The molecular formula is C23H28Cl2F3N3. The first kappa shape index (κ1) is 25.4. The van der Waals surface area contributed by atoms with Crippen LogP contribution in [0.2, 0.25) is 0 Å². The highest BCUT2D eigenvalue weighted by atomic mass is 35.5. The van der Waals surface area contributed by atoms with Gasteiger partial charge in [0, 0.05) is 34.9 Å². The first-order valence-electron chi connectivity index (χ1n) is 10.1. The maximum absolute atomic E-state index is 12.4. The van der Waals surface area contributed by atoms with Crippen LogP contribution in [-0.2, 0) is 25.8 Å². The molecule has 0 radical (unpaired) electrons. The van der Waals surface area contributed by atoms with Crippen LogP contribution in [0.4, 0.5) is 18.9 Å². The zero-order valence-corrected chi connectivity index (χ0v) is 18.8. The number of hydrogen-bond acceptors (Lipinski definition) is 2. The van der Waals surface area contributed by atoms with Crippen molar-refractivity contribution in [2.24, 2.45) is 5.73 Å². The summed E-state index contributed by atoms with van der Waals surface area (Å²) in [6.45, 7) is 0.0172. The van der Waals surface area contributed by atoms with E-state index in [0.717, 1.165) is 24.9 Å². The molecule has 0 aliphatic carbocycles. The zero-order chi connectivity index (χ0) is 20.4. The van der Waals surface area contributed by atoms with Gasteiger partial charge in [-0.3, -0.25) is 0 Å². The fourth-order valence-corrected chi connectivity index (χ4v) is 4.41. The molecule has 4 rings (SSSR count). The summed E-state index contributed by atoms with van der Waals surface area (Å²) >= 11 is 0. The predicted molar refractivity (Wildman–Crippen MR) is 126 cm³/mol. The van der Waals surface area contributed by atoms with Gasteiger partial charge in [0.1, 0.15) is 6.54 Å². The summed E-state index contributed by atoms with van der Waals surface area (Å²) in [6, 6.07) is 15.5. The Balaban J connectivity index is 0.00000171. The topological polar surface area (TPSA) is 43.0 Å². The van der Waals surface area contributed by atoms with E-state index in [0.29, 0.717) is 12.1 Å². The van der Waals surface area contributed by atoms with Gasteiger partial charge in [0.15, 0.2) is 0 Å². The number of aryl methyl sites for hydroxylation is 1. The summed E-state index contributed by atoms with van der Waals surface area (Å²) in [4.78, 5) is 0. The molecule has 1 aliphatic heterocycles. The van der Waals surface area contributed by atoms with Gasteiger partial charge >= 0.3 is 6.18 Å². The van der Waals surface area contributed by atoms with Gasteiger partial charge in [-0.2, -0.15) is 13.2 Å². The SMILES string of the molecule is Cl.Cl.NC(Cc1cccc(NCC(F)(F)F)c1)Cc1c2n(c3ccccc13)CCCC2. The molecule has 3 aromatic rings. The van der Waals surface area contributed by atoms with Crippen molar-refractivity contribution < 1.29 is 13.2 Å². The predicted octanol–water partition coefficient (Wildman–Crippen LogP) is 5.91. The van der Waals surface area contributed by atoms with E-state index in [1.54, 1.807) is 18.2 Å². The second-order valence-electron chi connectivity index (χ2n) is 7.89. The molecule has 3 nitrogen and oxygen atoms in total. The number of para-hydroxylation sites is 1. The monoisotopic (exact) mass is 473 g/mol. The van der Waals surface area contributed by atoms with Crippen LogP contribution in [0, 0.1) is 0 Å². The molecule has 0 saturated carbocycles. The molecule has 0 spiro atoms. The van der Waals surface area contributed by atoms with Gasteiger partial charge in [0.25, 0.3) is 0 Å². The molecule has 170 valence electrons. The van der Waals surface area contributed by atoms with E-state index in [1.807, 2.05) is 6.07 Å². The summed E-state index contributed by atoms with van der Waals surface area (Å²) in [6.07, 6.45) is 0.638. The summed E-state index contributed by atoms with van der Waals surface area (Å²) in [5.41, 5.74) is 11.9. The van der Waals surface area contributed by atoms with Gasteiger partial charge in [0.2, 0.25) is 0 Å². The van der Waals surface area contributed by atoms with Gasteiger partial charge in [-0.25, -0.2) is 0 Å². The smallest absolute Gasteiger partial charge is 0.376 e. The zero-order valence-electron chi connectivity index (χ0n) is 17.1. The van der Waals surface area contributed by atoms with Crippen LogP contribution in [0.25, 0.3) is 10.9 Å². The molecule has 1 aromatic heterocycles. The molecule has 31 heavy (non-hydrogen) atoms. The van der Waals surface area contributed by atoms with Crippen molar-refractivity contribution in [2.75, 3.05) is 11.9 Å². The van der Waals surface area contributed by atoms with Gasteiger partial charge in [-0.05, 0) is 61.4 Å². The molecule has 0 amide bonds. The Bertz CT molecular complexity index is 1000. The minimum absolute atomic E-state index is 0. The Kier molecular flexibility index (Phi) is 8.69. The third-order valence-corrected chi connectivity index (χ3v) is 5.62. The number of nitrogens with two attached hydrogens (primary N) is 1. The highest BCUT2D eigenvalue weighted by Crippen LogP contribution is 2.31. The Morgan fingerprint density at radius 1 is 1.00 bits per heavy atom. The standard InChI is InChI=1S/C23H26F3N3.2ClH/c24-23(25,26)15-28-18-7-5-6-16(13-18)12-17(27)14-20-19-8-1-2-9-21(19)29-11-4-3-10-22(20)29;;/h1-2,5-9,13,17,28H,3-4,10-12,14-15,27H2;2*1H. The maximum Gasteiger partial charge on any atom is 0.405 e. The lowest BCUT2D eigenvalue weighted by molar-refractivity contribution is -0.115. The molecule has 1 aliphatic rings. The molecular weight excluding hydrogens is 446 g/mol. The van der Waals surface area contributed by atoms with E-state index < -0.39 is 12.7 Å². The average Bonchev–Trinajstić information content (AvgIpc) is 3.00.